The van der Waals surface area contributed by atoms with Crippen molar-refractivity contribution in [3.8, 4) is 0 Å². The number of hydrogen-bond donors (Lipinski definition) is 2. The molecule has 9 heteroatoms. The number of rotatable bonds is 7. The van der Waals surface area contributed by atoms with E-state index in [1.54, 1.807) is 24.3 Å². The van der Waals surface area contributed by atoms with Crippen molar-refractivity contribution < 1.29 is 22.7 Å². The van der Waals surface area contributed by atoms with Crippen LogP contribution in [0.1, 0.15) is 20.3 Å². The minimum atomic E-state index is -4.26. The monoisotopic (exact) mass is 405 g/mol. The fraction of sp³-hybridized carbons (Fsp3) is 0.611. The van der Waals surface area contributed by atoms with Gasteiger partial charge in [0.1, 0.15) is 0 Å². The Morgan fingerprint density at radius 2 is 1.93 bits per heavy atom. The second-order valence-electron chi connectivity index (χ2n) is 6.66. The minimum Gasteiger partial charge on any atom is -0.379 e. The van der Waals surface area contributed by atoms with Gasteiger partial charge >= 0.3 is 12.2 Å². The Balaban J connectivity index is 1.93. The molecule has 152 valence electrons. The number of benzene rings is 1. The zero-order valence-electron chi connectivity index (χ0n) is 15.6. The Hall–Kier alpha value is -1.45. The molecule has 0 radical (unpaired) electrons. The highest BCUT2D eigenvalue weighted by molar-refractivity contribution is 7.99. The van der Waals surface area contributed by atoms with Crippen LogP contribution in [0.15, 0.2) is 29.2 Å². The van der Waals surface area contributed by atoms with Gasteiger partial charge in [-0.1, -0.05) is 19.1 Å². The van der Waals surface area contributed by atoms with Gasteiger partial charge in [-0.2, -0.15) is 13.2 Å². The molecule has 1 aromatic rings. The first-order chi connectivity index (χ1) is 12.7. The molecule has 0 saturated carbocycles. The van der Waals surface area contributed by atoms with Gasteiger partial charge in [0.25, 0.3) is 0 Å². The smallest absolute Gasteiger partial charge is 0.379 e. The summed E-state index contributed by atoms with van der Waals surface area (Å²) in [4.78, 5) is 15.0. The van der Waals surface area contributed by atoms with Crippen LogP contribution in [0.3, 0.4) is 0 Å². The number of nitrogens with one attached hydrogen (secondary N) is 2. The Labute approximate surface area is 162 Å². The first kappa shape index (κ1) is 21.8. The Kier molecular flexibility index (Phi) is 7.81. The molecular weight excluding hydrogens is 379 g/mol. The number of thioether (sulfide) groups is 1. The number of urea groups is 1. The van der Waals surface area contributed by atoms with E-state index in [1.165, 1.54) is 0 Å². The third kappa shape index (κ3) is 6.90. The normalized spacial score (nSPS) is 18.0. The summed E-state index contributed by atoms with van der Waals surface area (Å²) in [6, 6.07) is 6.06. The predicted octanol–water partition coefficient (Wildman–Crippen LogP) is 3.96. The van der Waals surface area contributed by atoms with Crippen LogP contribution in [0.5, 0.6) is 0 Å². The molecule has 1 aliphatic heterocycles. The third-order valence-corrected chi connectivity index (χ3v) is 5.83. The van der Waals surface area contributed by atoms with Crippen LogP contribution in [-0.4, -0.2) is 61.2 Å². The van der Waals surface area contributed by atoms with Gasteiger partial charge in [-0.25, -0.2) is 4.79 Å². The van der Waals surface area contributed by atoms with Crippen LogP contribution in [0, 0.1) is 0 Å². The maximum atomic E-state index is 12.5. The number of amides is 2. The molecule has 0 aromatic heterocycles. The van der Waals surface area contributed by atoms with Crippen LogP contribution < -0.4 is 10.6 Å². The molecule has 1 aromatic carbocycles. The van der Waals surface area contributed by atoms with Crippen LogP contribution in [-0.2, 0) is 4.74 Å². The molecule has 2 amide bonds. The first-order valence-electron chi connectivity index (χ1n) is 8.90. The summed E-state index contributed by atoms with van der Waals surface area (Å²) >= 11 is 0.657. The molecule has 1 saturated heterocycles. The Morgan fingerprint density at radius 1 is 1.26 bits per heavy atom. The standard InChI is InChI=1S/C18H26F3N3O2S/c1-3-17(2,24-8-10-26-11-9-24)12-22-16(25)23-14-6-4-5-7-15(14)27-13-18(19,20)21/h4-7H,3,8-13H2,1-2H3,(H2,22,23,25). The van der Waals surface area contributed by atoms with E-state index in [0.29, 0.717) is 42.1 Å². The van der Waals surface area contributed by atoms with Gasteiger partial charge in [-0.15, -0.1) is 11.8 Å². The van der Waals surface area contributed by atoms with Gasteiger partial charge < -0.3 is 15.4 Å². The fourth-order valence-electron chi connectivity index (χ4n) is 2.86. The maximum absolute atomic E-state index is 12.5. The lowest BCUT2D eigenvalue weighted by Gasteiger charge is -2.43. The summed E-state index contributed by atoms with van der Waals surface area (Å²) in [7, 11) is 0. The highest BCUT2D eigenvalue weighted by atomic mass is 32.2. The Bertz CT molecular complexity index is 624. The van der Waals surface area contributed by atoms with E-state index >= 15 is 0 Å². The first-order valence-corrected chi connectivity index (χ1v) is 9.88. The third-order valence-electron chi connectivity index (χ3n) is 4.69. The summed E-state index contributed by atoms with van der Waals surface area (Å²) in [6.07, 6.45) is -3.41. The zero-order chi connectivity index (χ0) is 19.9. The van der Waals surface area contributed by atoms with Gasteiger partial charge in [0.2, 0.25) is 0 Å². The molecule has 2 rings (SSSR count). The molecule has 0 bridgehead atoms. The number of halogens is 3. The number of alkyl halides is 3. The largest absolute Gasteiger partial charge is 0.398 e. The number of morpholine rings is 1. The van der Waals surface area contributed by atoms with Crippen LogP contribution in [0.4, 0.5) is 23.7 Å². The van der Waals surface area contributed by atoms with Crippen LogP contribution in [0.2, 0.25) is 0 Å². The van der Waals surface area contributed by atoms with Crippen molar-refractivity contribution in [3.05, 3.63) is 24.3 Å². The summed E-state index contributed by atoms with van der Waals surface area (Å²) in [5, 5.41) is 5.52. The van der Waals surface area contributed by atoms with Crippen molar-refractivity contribution in [2.24, 2.45) is 0 Å². The van der Waals surface area contributed by atoms with Crippen molar-refractivity contribution >= 4 is 23.5 Å². The quantitative estimate of drug-likeness (QED) is 0.674. The lowest BCUT2D eigenvalue weighted by Crippen LogP contribution is -2.57. The second kappa shape index (κ2) is 9.66. The van der Waals surface area contributed by atoms with E-state index in [4.69, 9.17) is 4.74 Å². The van der Waals surface area contributed by atoms with Crippen molar-refractivity contribution in [3.63, 3.8) is 0 Å². The summed E-state index contributed by atoms with van der Waals surface area (Å²) in [6.45, 7) is 7.56. The molecule has 0 spiro atoms. The lowest BCUT2D eigenvalue weighted by molar-refractivity contribution is -0.105. The van der Waals surface area contributed by atoms with Crippen molar-refractivity contribution in [1.29, 1.82) is 0 Å². The second-order valence-corrected chi connectivity index (χ2v) is 7.67. The Morgan fingerprint density at radius 3 is 2.56 bits per heavy atom. The van der Waals surface area contributed by atoms with Gasteiger partial charge in [0, 0.05) is 30.1 Å². The van der Waals surface area contributed by atoms with Gasteiger partial charge in [-0.05, 0) is 25.5 Å². The highest BCUT2D eigenvalue weighted by Gasteiger charge is 2.32. The maximum Gasteiger partial charge on any atom is 0.398 e. The predicted molar refractivity (Wildman–Crippen MR) is 101 cm³/mol. The number of ether oxygens (including phenoxy) is 1. The molecule has 2 N–H and O–H groups in total. The average molecular weight is 405 g/mol. The van der Waals surface area contributed by atoms with E-state index in [9.17, 15) is 18.0 Å². The molecule has 1 unspecified atom stereocenters. The van der Waals surface area contributed by atoms with E-state index in [2.05, 4.69) is 29.4 Å². The molecule has 1 fully saturated rings. The number of carbonyl (C=O) groups is 1. The van der Waals surface area contributed by atoms with E-state index < -0.39 is 18.0 Å². The highest BCUT2D eigenvalue weighted by Crippen LogP contribution is 2.32. The zero-order valence-corrected chi connectivity index (χ0v) is 16.4. The number of para-hydroxylation sites is 1. The van der Waals surface area contributed by atoms with Crippen molar-refractivity contribution in [2.45, 2.75) is 36.9 Å². The number of anilines is 1. The summed E-state index contributed by atoms with van der Waals surface area (Å²) in [5.41, 5.74) is 0.167. The average Bonchev–Trinajstić information content (AvgIpc) is 2.65. The van der Waals surface area contributed by atoms with Crippen LogP contribution in [0.25, 0.3) is 0 Å². The molecule has 1 aliphatic rings. The van der Waals surface area contributed by atoms with Gasteiger partial charge in [0.15, 0.2) is 0 Å². The number of nitrogens with zero attached hydrogens (tertiary/aromatic N) is 1. The minimum absolute atomic E-state index is 0.203. The van der Waals surface area contributed by atoms with E-state index in [0.717, 1.165) is 19.5 Å². The molecule has 5 nitrogen and oxygen atoms in total. The van der Waals surface area contributed by atoms with E-state index in [-0.39, 0.29) is 5.54 Å². The molecular formula is C18H26F3N3O2S. The summed E-state index contributed by atoms with van der Waals surface area (Å²) < 4.78 is 42.8. The van der Waals surface area contributed by atoms with Crippen molar-refractivity contribution in [1.82, 2.24) is 10.2 Å². The van der Waals surface area contributed by atoms with E-state index in [1.807, 2.05) is 0 Å². The summed E-state index contributed by atoms with van der Waals surface area (Å²) in [5.74, 6) is -1.00. The SMILES string of the molecule is CCC(C)(CNC(=O)Nc1ccccc1SCC(F)(F)F)N1CCOCC1. The lowest BCUT2D eigenvalue weighted by atomic mass is 9.95. The molecule has 27 heavy (non-hydrogen) atoms. The van der Waals surface area contributed by atoms with Gasteiger partial charge in [0.05, 0.1) is 24.7 Å². The van der Waals surface area contributed by atoms with Crippen molar-refractivity contribution in [2.75, 3.05) is 43.9 Å². The number of carbonyl (C=O) groups excluding carboxylic acids is 1. The fourth-order valence-corrected chi connectivity index (χ4v) is 3.62. The van der Waals surface area contributed by atoms with Gasteiger partial charge in [-0.3, -0.25) is 4.90 Å². The molecule has 0 aliphatic carbocycles. The number of hydrogen-bond acceptors (Lipinski definition) is 4. The topological polar surface area (TPSA) is 53.6 Å². The van der Waals surface area contributed by atoms with Crippen LogP contribution >= 0.6 is 11.8 Å². The molecule has 1 atom stereocenters. The molecule has 1 heterocycles.